The quantitative estimate of drug-likeness (QED) is 0.201. The van der Waals surface area contributed by atoms with E-state index >= 15 is 0 Å². The van der Waals surface area contributed by atoms with E-state index in [1.165, 1.54) is 16.8 Å². The van der Waals surface area contributed by atoms with Gasteiger partial charge in [0, 0.05) is 46.5 Å². The fourth-order valence-electron chi connectivity index (χ4n) is 2.74. The van der Waals surface area contributed by atoms with Crippen LogP contribution in [0, 0.1) is 10.1 Å². The van der Waals surface area contributed by atoms with E-state index in [9.17, 15) is 19.7 Å². The van der Waals surface area contributed by atoms with Gasteiger partial charge in [-0.25, -0.2) is 10.4 Å². The van der Waals surface area contributed by atoms with E-state index in [-0.39, 0.29) is 36.0 Å². The van der Waals surface area contributed by atoms with Crippen LogP contribution in [0.3, 0.4) is 0 Å². The molecule has 1 fully saturated rings. The average Bonchev–Trinajstić information content (AvgIpc) is 3.01. The minimum absolute atomic E-state index is 0. The minimum Gasteiger partial charge on any atom is -0.349 e. The van der Waals surface area contributed by atoms with Crippen LogP contribution in [0.5, 0.6) is 0 Å². The van der Waals surface area contributed by atoms with Gasteiger partial charge in [0.1, 0.15) is 17.7 Å². The van der Waals surface area contributed by atoms with Gasteiger partial charge >= 0.3 is 0 Å². The van der Waals surface area contributed by atoms with Gasteiger partial charge in [0.05, 0.1) is 16.8 Å². The van der Waals surface area contributed by atoms with Crippen LogP contribution in [0.4, 0.5) is 11.4 Å². The molecule has 1 saturated heterocycles. The Morgan fingerprint density at radius 3 is 2.31 bits per heavy atom. The number of nitrogens with zero attached hydrogens (tertiary/aromatic N) is 4. The lowest BCUT2D eigenvalue weighted by Gasteiger charge is -2.06. The molecule has 13 heteroatoms. The Bertz CT molecular complexity index is 924. The zero-order valence-electron chi connectivity index (χ0n) is 16.1. The molecule has 0 spiro atoms. The fourth-order valence-corrected chi connectivity index (χ4v) is 2.74. The number of hydrazine groups is 1. The van der Waals surface area contributed by atoms with Gasteiger partial charge in [0.2, 0.25) is 0 Å². The molecule has 3 heterocycles. The number of aryl methyl sites for hydroxylation is 2. The summed E-state index contributed by atoms with van der Waals surface area (Å²) in [7, 11) is 5.15. The molecule has 4 N–H and O–H groups in total. The minimum atomic E-state index is -0.562. The number of aromatic nitrogens is 2. The van der Waals surface area contributed by atoms with Crippen LogP contribution in [0.1, 0.15) is 21.0 Å². The van der Waals surface area contributed by atoms with Crippen LogP contribution >= 0.6 is 12.4 Å². The van der Waals surface area contributed by atoms with Crippen LogP contribution in [-0.4, -0.2) is 57.3 Å². The topological polar surface area (TPSA) is 148 Å². The number of nitro groups is 1. The maximum Gasteiger partial charge on any atom is 0.287 e. The van der Waals surface area contributed by atoms with Crippen LogP contribution in [0.15, 0.2) is 24.5 Å². The van der Waals surface area contributed by atoms with E-state index < -0.39 is 10.8 Å². The predicted octanol–water partition coefficient (Wildman–Crippen LogP) is -0.00110. The largest absolute Gasteiger partial charge is 0.349 e. The normalized spacial score (nSPS) is 17.3. The van der Waals surface area contributed by atoms with Crippen molar-refractivity contribution in [3.8, 4) is 0 Å². The Labute approximate surface area is 172 Å². The van der Waals surface area contributed by atoms with Crippen LogP contribution in [0.25, 0.3) is 0 Å². The monoisotopic (exact) mass is 426 g/mol. The van der Waals surface area contributed by atoms with Gasteiger partial charge in [0.25, 0.3) is 17.5 Å². The lowest BCUT2D eigenvalue weighted by atomic mass is 10.3. The fraction of sp³-hybridized carbons (Fsp3) is 0.375. The summed E-state index contributed by atoms with van der Waals surface area (Å²) in [6.45, 7) is 1.05. The summed E-state index contributed by atoms with van der Waals surface area (Å²) < 4.78 is 2.98. The average molecular weight is 427 g/mol. The summed E-state index contributed by atoms with van der Waals surface area (Å²) >= 11 is 0. The van der Waals surface area contributed by atoms with Crippen molar-refractivity contribution in [1.29, 1.82) is 0 Å². The third kappa shape index (κ3) is 5.32. The summed E-state index contributed by atoms with van der Waals surface area (Å²) in [5.74, 6) is -0.769. The van der Waals surface area contributed by atoms with Crippen molar-refractivity contribution in [2.75, 3.05) is 25.5 Å². The highest BCUT2D eigenvalue weighted by Gasteiger charge is 2.27. The summed E-state index contributed by atoms with van der Waals surface area (Å²) in [5, 5.41) is 21.4. The van der Waals surface area contributed by atoms with Crippen molar-refractivity contribution < 1.29 is 14.5 Å². The number of anilines is 1. The number of hydrogen-bond acceptors (Lipinski definition) is 7. The maximum atomic E-state index is 12.4. The molecule has 0 aliphatic carbocycles. The highest BCUT2D eigenvalue weighted by Crippen LogP contribution is 2.18. The second-order valence-corrected chi connectivity index (χ2v) is 6.48. The first-order chi connectivity index (χ1) is 13.3. The van der Waals surface area contributed by atoms with E-state index in [4.69, 9.17) is 0 Å². The molecule has 1 aliphatic rings. The first-order valence-electron chi connectivity index (χ1n) is 8.55. The van der Waals surface area contributed by atoms with Gasteiger partial charge in [-0.1, -0.05) is 0 Å². The van der Waals surface area contributed by atoms with Crippen molar-refractivity contribution in [3.63, 3.8) is 0 Å². The standard InChI is InChI=1S/C16H22N8O4.ClH/c1-21-8-10(19-15(26)13-7-11(24(27)28)9-22(13)2)6-12(21)14(25)17-4-5-18-16-20-23(16)3;/h6-9,16,18,20H,4-5H2,1-3H3,(H,17,25)(H,19,26);1H. The van der Waals surface area contributed by atoms with E-state index in [2.05, 4.69) is 21.4 Å². The second-order valence-electron chi connectivity index (χ2n) is 6.48. The van der Waals surface area contributed by atoms with Crippen molar-refractivity contribution in [2.45, 2.75) is 6.29 Å². The first-order valence-corrected chi connectivity index (χ1v) is 8.55. The number of amides is 2. The summed E-state index contributed by atoms with van der Waals surface area (Å²) in [5.41, 5.74) is 3.82. The van der Waals surface area contributed by atoms with Gasteiger partial charge in [-0.05, 0) is 6.07 Å². The van der Waals surface area contributed by atoms with Gasteiger partial charge in [-0.3, -0.25) is 25.0 Å². The molecule has 0 aromatic carbocycles. The number of rotatable bonds is 8. The van der Waals surface area contributed by atoms with Gasteiger partial charge in [0.15, 0.2) is 0 Å². The van der Waals surface area contributed by atoms with Crippen molar-refractivity contribution >= 4 is 35.6 Å². The molecule has 2 aromatic heterocycles. The zero-order chi connectivity index (χ0) is 20.4. The van der Waals surface area contributed by atoms with E-state index in [0.717, 1.165) is 0 Å². The second kappa shape index (κ2) is 9.05. The molecule has 0 bridgehead atoms. The highest BCUT2D eigenvalue weighted by molar-refractivity contribution is 6.04. The molecule has 158 valence electrons. The molecule has 0 radical (unpaired) electrons. The lowest BCUT2D eigenvalue weighted by molar-refractivity contribution is -0.384. The van der Waals surface area contributed by atoms with E-state index in [1.54, 1.807) is 30.9 Å². The molecular formula is C16H23ClN8O4. The van der Waals surface area contributed by atoms with Gasteiger partial charge in [-0.15, -0.1) is 12.4 Å². The Kier molecular flexibility index (Phi) is 6.97. The third-order valence-corrected chi connectivity index (χ3v) is 4.32. The molecule has 1 aliphatic heterocycles. The molecule has 2 atom stereocenters. The third-order valence-electron chi connectivity index (χ3n) is 4.32. The van der Waals surface area contributed by atoms with E-state index in [1.807, 2.05) is 12.1 Å². The maximum absolute atomic E-state index is 12.4. The first kappa shape index (κ1) is 22.4. The van der Waals surface area contributed by atoms with Crippen LogP contribution < -0.4 is 21.4 Å². The number of hydrogen-bond donors (Lipinski definition) is 4. The predicted molar refractivity (Wildman–Crippen MR) is 108 cm³/mol. The Balaban J connectivity index is 0.00000300. The smallest absolute Gasteiger partial charge is 0.287 e. The molecule has 3 rings (SSSR count). The number of nitrogens with one attached hydrogen (secondary N) is 4. The molecule has 0 saturated carbocycles. The number of carbonyl (C=O) groups is 2. The number of halogens is 1. The van der Waals surface area contributed by atoms with Gasteiger partial charge in [-0.2, -0.15) is 0 Å². The SMILES string of the molecule is CN1NC1NCCNC(=O)c1cc(NC(=O)c2cc([N+](=O)[O-])cn2C)cn1C.Cl. The van der Waals surface area contributed by atoms with E-state index in [0.29, 0.717) is 24.5 Å². The van der Waals surface area contributed by atoms with Gasteiger partial charge < -0.3 is 19.8 Å². The molecule has 29 heavy (non-hydrogen) atoms. The lowest BCUT2D eigenvalue weighted by Crippen LogP contribution is -2.34. The summed E-state index contributed by atoms with van der Waals surface area (Å²) in [6.07, 6.45) is 3.01. The summed E-state index contributed by atoms with van der Waals surface area (Å²) in [4.78, 5) is 35.0. The van der Waals surface area contributed by atoms with Crippen LogP contribution in [-0.2, 0) is 14.1 Å². The molecule has 2 amide bonds. The number of carbonyl (C=O) groups excluding carboxylic acids is 2. The Hall–Kier alpha value is -2.93. The Morgan fingerprint density at radius 1 is 1.10 bits per heavy atom. The van der Waals surface area contributed by atoms with Crippen LogP contribution in [0.2, 0.25) is 0 Å². The Morgan fingerprint density at radius 2 is 1.72 bits per heavy atom. The molecule has 2 aromatic rings. The summed E-state index contributed by atoms with van der Waals surface area (Å²) in [6, 6.07) is 2.75. The molecular weight excluding hydrogens is 404 g/mol. The van der Waals surface area contributed by atoms with Crippen molar-refractivity contribution in [3.05, 3.63) is 46.0 Å². The molecule has 2 unspecified atom stereocenters. The molecule has 12 nitrogen and oxygen atoms in total. The highest BCUT2D eigenvalue weighted by atomic mass is 35.5. The zero-order valence-corrected chi connectivity index (χ0v) is 16.9. The van der Waals surface area contributed by atoms with Crippen molar-refractivity contribution in [2.24, 2.45) is 14.1 Å². The van der Waals surface area contributed by atoms with Crippen molar-refractivity contribution in [1.82, 2.24) is 30.2 Å².